The summed E-state index contributed by atoms with van der Waals surface area (Å²) in [6.07, 6.45) is 1.90. The van der Waals surface area contributed by atoms with Gasteiger partial charge in [0.25, 0.3) is 0 Å². The smallest absolute Gasteiger partial charge is 0.248 e. The molecule has 0 unspecified atom stereocenters. The van der Waals surface area contributed by atoms with Crippen molar-refractivity contribution in [1.82, 2.24) is 20.1 Å². The Balaban J connectivity index is 1.67. The van der Waals surface area contributed by atoms with Gasteiger partial charge in [0.05, 0.1) is 10.5 Å². The molecule has 1 aromatic carbocycles. The standard InChI is InChI=1S/C28H45N5O4S/c1-27(2,3)16-20-19-9-10-22(34)21(25(19)31-26(20)38-28(4,5)6)17-32-12-14-33(15-13-32)24(36)8-7-11-30-23(35)18-37-29/h9-10,31,34H,7-8,11-18,29H2,1-6H3,(H,30,35). The van der Waals surface area contributed by atoms with Crippen LogP contribution in [0.5, 0.6) is 5.75 Å². The van der Waals surface area contributed by atoms with Crippen LogP contribution in [0, 0.1) is 5.41 Å². The van der Waals surface area contributed by atoms with E-state index in [0.717, 1.165) is 30.6 Å². The lowest BCUT2D eigenvalue weighted by Crippen LogP contribution is -2.48. The number of benzene rings is 1. The van der Waals surface area contributed by atoms with E-state index < -0.39 is 0 Å². The van der Waals surface area contributed by atoms with Gasteiger partial charge in [-0.25, -0.2) is 5.90 Å². The van der Waals surface area contributed by atoms with Crippen molar-refractivity contribution in [2.24, 2.45) is 11.3 Å². The van der Waals surface area contributed by atoms with Gasteiger partial charge in [0.15, 0.2) is 0 Å². The number of carbonyl (C=O) groups is 2. The molecule has 2 heterocycles. The molecule has 3 rings (SSSR count). The molecule has 2 amide bonds. The Hall–Kier alpha value is -2.27. The summed E-state index contributed by atoms with van der Waals surface area (Å²) in [5, 5.41) is 15.9. The van der Waals surface area contributed by atoms with Crippen LogP contribution in [0.3, 0.4) is 0 Å². The largest absolute Gasteiger partial charge is 0.508 e. The highest BCUT2D eigenvalue weighted by atomic mass is 32.2. The second kappa shape index (κ2) is 12.7. The number of hydrogen-bond acceptors (Lipinski definition) is 7. The number of nitrogens with two attached hydrogens (primary N) is 1. The molecular formula is C28H45N5O4S. The Morgan fingerprint density at radius 3 is 2.39 bits per heavy atom. The fraction of sp³-hybridized carbons (Fsp3) is 0.643. The molecule has 0 atom stereocenters. The van der Waals surface area contributed by atoms with Crippen molar-refractivity contribution in [2.75, 3.05) is 39.3 Å². The fourth-order valence-corrected chi connectivity index (χ4v) is 5.80. The van der Waals surface area contributed by atoms with Gasteiger partial charge >= 0.3 is 0 Å². The normalized spacial score (nSPS) is 15.3. The second-order valence-corrected chi connectivity index (χ2v) is 14.1. The minimum atomic E-state index is -0.288. The molecule has 1 aromatic heterocycles. The number of amides is 2. The van der Waals surface area contributed by atoms with Crippen molar-refractivity contribution >= 4 is 34.5 Å². The van der Waals surface area contributed by atoms with E-state index in [4.69, 9.17) is 5.90 Å². The molecule has 38 heavy (non-hydrogen) atoms. The van der Waals surface area contributed by atoms with Crippen molar-refractivity contribution in [3.63, 3.8) is 0 Å². The third-order valence-corrected chi connectivity index (χ3v) is 7.62. The van der Waals surface area contributed by atoms with E-state index in [1.54, 1.807) is 0 Å². The number of thioether (sulfide) groups is 1. The number of rotatable bonds is 10. The summed E-state index contributed by atoms with van der Waals surface area (Å²) >= 11 is 1.84. The van der Waals surface area contributed by atoms with Crippen molar-refractivity contribution in [1.29, 1.82) is 0 Å². The van der Waals surface area contributed by atoms with Gasteiger partial charge in [-0.1, -0.05) is 41.5 Å². The van der Waals surface area contributed by atoms with Crippen LogP contribution >= 0.6 is 11.8 Å². The summed E-state index contributed by atoms with van der Waals surface area (Å²) < 4.78 is 0.0586. The van der Waals surface area contributed by atoms with E-state index in [9.17, 15) is 14.7 Å². The molecule has 1 aliphatic rings. The zero-order chi connectivity index (χ0) is 28.1. The Morgan fingerprint density at radius 2 is 1.79 bits per heavy atom. The van der Waals surface area contributed by atoms with E-state index in [-0.39, 0.29) is 28.6 Å². The molecule has 0 radical (unpaired) electrons. The average Bonchev–Trinajstić information content (AvgIpc) is 3.13. The van der Waals surface area contributed by atoms with E-state index in [0.29, 0.717) is 44.8 Å². The summed E-state index contributed by atoms with van der Waals surface area (Å²) in [5.41, 5.74) is 3.37. The Kier molecular flexibility index (Phi) is 10.1. The molecule has 212 valence electrons. The zero-order valence-electron chi connectivity index (χ0n) is 23.8. The molecule has 1 aliphatic heterocycles. The molecule has 0 bridgehead atoms. The number of nitrogens with zero attached hydrogens (tertiary/aromatic N) is 2. The molecule has 1 fully saturated rings. The van der Waals surface area contributed by atoms with Gasteiger partial charge in [0.1, 0.15) is 12.4 Å². The first-order valence-electron chi connectivity index (χ1n) is 13.4. The van der Waals surface area contributed by atoms with E-state index in [2.05, 4.69) is 61.6 Å². The average molecular weight is 548 g/mol. The SMILES string of the molecule is CC(C)(C)Cc1c(SC(C)(C)C)[nH]c2c(CN3CCN(C(=O)CCCNC(=O)CON)CC3)c(O)ccc12. The summed E-state index contributed by atoms with van der Waals surface area (Å²) in [7, 11) is 0. The quantitative estimate of drug-likeness (QED) is 0.203. The highest BCUT2D eigenvalue weighted by molar-refractivity contribution is 8.00. The maximum Gasteiger partial charge on any atom is 0.248 e. The maximum absolute atomic E-state index is 12.6. The van der Waals surface area contributed by atoms with Gasteiger partial charge in [-0.15, -0.1) is 11.8 Å². The van der Waals surface area contributed by atoms with E-state index in [1.807, 2.05) is 28.8 Å². The molecule has 2 aromatic rings. The molecule has 5 N–H and O–H groups in total. The lowest BCUT2D eigenvalue weighted by molar-refractivity contribution is -0.133. The van der Waals surface area contributed by atoms with Gasteiger partial charge in [-0.05, 0) is 36.0 Å². The Labute approximate surface area is 230 Å². The minimum absolute atomic E-state index is 0.0586. The number of H-pyrrole nitrogens is 1. The first kappa shape index (κ1) is 30.3. The molecular weight excluding hydrogens is 502 g/mol. The lowest BCUT2D eigenvalue weighted by atomic mass is 9.88. The summed E-state index contributed by atoms with van der Waals surface area (Å²) in [6, 6.07) is 3.86. The number of aromatic amines is 1. The van der Waals surface area contributed by atoms with Crippen molar-refractivity contribution in [2.45, 2.75) is 77.1 Å². The summed E-state index contributed by atoms with van der Waals surface area (Å²) in [5.74, 6) is 4.99. The molecule has 0 spiro atoms. The van der Waals surface area contributed by atoms with Crippen LogP contribution in [-0.4, -0.2) is 75.8 Å². The van der Waals surface area contributed by atoms with Gasteiger partial charge < -0.3 is 20.3 Å². The second-order valence-electron chi connectivity index (χ2n) is 12.3. The van der Waals surface area contributed by atoms with E-state index in [1.165, 1.54) is 16.0 Å². The van der Waals surface area contributed by atoms with Crippen molar-refractivity contribution in [3.8, 4) is 5.75 Å². The van der Waals surface area contributed by atoms with Gasteiger partial charge in [-0.3, -0.25) is 19.3 Å². The fourth-order valence-electron chi connectivity index (χ4n) is 4.73. The first-order valence-corrected chi connectivity index (χ1v) is 14.2. The summed E-state index contributed by atoms with van der Waals surface area (Å²) in [6.45, 7) is 17.1. The van der Waals surface area contributed by atoms with Crippen LogP contribution in [-0.2, 0) is 27.4 Å². The predicted molar refractivity (Wildman–Crippen MR) is 153 cm³/mol. The predicted octanol–water partition coefficient (Wildman–Crippen LogP) is 3.78. The number of piperazine rings is 1. The highest BCUT2D eigenvalue weighted by Crippen LogP contribution is 2.42. The van der Waals surface area contributed by atoms with Crippen molar-refractivity contribution < 1.29 is 19.5 Å². The number of phenols is 1. The van der Waals surface area contributed by atoms with Gasteiger partial charge in [0.2, 0.25) is 11.8 Å². The van der Waals surface area contributed by atoms with Gasteiger partial charge in [0, 0.05) is 61.4 Å². The van der Waals surface area contributed by atoms with Crippen LogP contribution in [0.15, 0.2) is 17.2 Å². The summed E-state index contributed by atoms with van der Waals surface area (Å²) in [4.78, 5) is 36.2. The monoisotopic (exact) mass is 547 g/mol. The van der Waals surface area contributed by atoms with Crippen molar-refractivity contribution in [3.05, 3.63) is 23.3 Å². The molecule has 1 saturated heterocycles. The Morgan fingerprint density at radius 1 is 1.11 bits per heavy atom. The number of hydrogen-bond donors (Lipinski definition) is 4. The number of nitrogens with one attached hydrogen (secondary N) is 2. The highest BCUT2D eigenvalue weighted by Gasteiger charge is 2.26. The zero-order valence-corrected chi connectivity index (χ0v) is 24.6. The maximum atomic E-state index is 12.6. The number of aromatic hydroxyl groups is 1. The molecule has 0 aliphatic carbocycles. The van der Waals surface area contributed by atoms with Crippen LogP contribution in [0.1, 0.15) is 65.5 Å². The van der Waals surface area contributed by atoms with Crippen LogP contribution in [0.2, 0.25) is 0 Å². The number of fused-ring (bicyclic) bond motifs is 1. The number of phenolic OH excluding ortho intramolecular Hbond substituents is 1. The number of carbonyl (C=O) groups excluding carboxylic acids is 2. The van der Waals surface area contributed by atoms with Crippen LogP contribution in [0.25, 0.3) is 10.9 Å². The molecule has 0 saturated carbocycles. The van der Waals surface area contributed by atoms with Crippen LogP contribution < -0.4 is 11.2 Å². The molecule has 10 heteroatoms. The number of aromatic nitrogens is 1. The van der Waals surface area contributed by atoms with Gasteiger partial charge in [-0.2, -0.15) is 0 Å². The van der Waals surface area contributed by atoms with Crippen LogP contribution in [0.4, 0.5) is 0 Å². The van der Waals surface area contributed by atoms with E-state index >= 15 is 0 Å². The third kappa shape index (κ3) is 8.62. The Bertz CT molecular complexity index is 1110. The topological polar surface area (TPSA) is 124 Å². The minimum Gasteiger partial charge on any atom is -0.508 e. The first-order chi connectivity index (χ1) is 17.8. The third-order valence-electron chi connectivity index (χ3n) is 6.45. The lowest BCUT2D eigenvalue weighted by Gasteiger charge is -2.35. The molecule has 9 nitrogen and oxygen atoms in total.